The van der Waals surface area contributed by atoms with Crippen molar-refractivity contribution in [1.82, 2.24) is 14.3 Å². The van der Waals surface area contributed by atoms with Crippen molar-refractivity contribution in [3.05, 3.63) is 41.5 Å². The molecule has 0 saturated carbocycles. The van der Waals surface area contributed by atoms with Crippen molar-refractivity contribution < 1.29 is 14.6 Å². The lowest BCUT2D eigenvalue weighted by Crippen LogP contribution is -2.42. The second kappa shape index (κ2) is 7.70. The van der Waals surface area contributed by atoms with E-state index in [4.69, 9.17) is 4.74 Å². The Bertz CT molecular complexity index is 949. The van der Waals surface area contributed by atoms with Crippen molar-refractivity contribution in [2.45, 2.75) is 31.7 Å². The number of benzene rings is 1. The van der Waals surface area contributed by atoms with Gasteiger partial charge in [-0.15, -0.1) is 11.3 Å². The van der Waals surface area contributed by atoms with Crippen molar-refractivity contribution in [1.29, 1.82) is 0 Å². The van der Waals surface area contributed by atoms with Gasteiger partial charge in [0.05, 0.1) is 25.5 Å². The van der Waals surface area contributed by atoms with Crippen LogP contribution in [0.2, 0.25) is 0 Å². The van der Waals surface area contributed by atoms with Gasteiger partial charge in [0.15, 0.2) is 4.96 Å². The number of amides is 1. The van der Waals surface area contributed by atoms with Gasteiger partial charge in [-0.05, 0) is 25.0 Å². The third kappa shape index (κ3) is 3.33. The van der Waals surface area contributed by atoms with Gasteiger partial charge in [0, 0.05) is 23.7 Å². The summed E-state index contributed by atoms with van der Waals surface area (Å²) in [4.78, 5) is 20.5. The number of hydrogen-bond donors (Lipinski definition) is 1. The predicted octanol–water partition coefficient (Wildman–Crippen LogP) is 3.45. The number of thiazole rings is 1. The molecule has 3 heterocycles. The molecule has 4 rings (SSSR count). The Morgan fingerprint density at radius 2 is 2.19 bits per heavy atom. The van der Waals surface area contributed by atoms with Gasteiger partial charge in [-0.3, -0.25) is 9.20 Å². The summed E-state index contributed by atoms with van der Waals surface area (Å²) in [5.74, 6) is 0.718. The first-order chi connectivity index (χ1) is 13.2. The smallest absolute Gasteiger partial charge is 0.272 e. The minimum absolute atomic E-state index is 0.00934. The molecule has 0 aliphatic carbocycles. The molecular weight excluding hydrogens is 362 g/mol. The van der Waals surface area contributed by atoms with Gasteiger partial charge in [-0.2, -0.15) is 0 Å². The monoisotopic (exact) mass is 385 g/mol. The second-order valence-electron chi connectivity index (χ2n) is 6.78. The average Bonchev–Trinajstić information content (AvgIpc) is 3.19. The van der Waals surface area contributed by atoms with E-state index in [0.717, 1.165) is 47.7 Å². The number of nitrogens with zero attached hydrogens (tertiary/aromatic N) is 3. The number of para-hydroxylation sites is 1. The van der Waals surface area contributed by atoms with Gasteiger partial charge in [-0.1, -0.05) is 25.0 Å². The highest BCUT2D eigenvalue weighted by molar-refractivity contribution is 7.15. The van der Waals surface area contributed by atoms with Gasteiger partial charge in [0.1, 0.15) is 11.4 Å². The number of carbonyl (C=O) groups excluding carboxylic acids is 1. The normalized spacial score (nSPS) is 17.9. The number of likely N-dealkylation sites (tertiary alicyclic amines) is 1. The molecular formula is C20H23N3O3S. The van der Waals surface area contributed by atoms with Crippen LogP contribution in [0, 0.1) is 0 Å². The molecule has 1 saturated heterocycles. The Labute approximate surface area is 162 Å². The first-order valence-electron chi connectivity index (χ1n) is 9.24. The van der Waals surface area contributed by atoms with E-state index in [1.807, 2.05) is 45.1 Å². The summed E-state index contributed by atoms with van der Waals surface area (Å²) in [6.07, 6.45) is 5.87. The zero-order valence-electron chi connectivity index (χ0n) is 15.3. The molecule has 2 aromatic heterocycles. The largest absolute Gasteiger partial charge is 0.496 e. The first kappa shape index (κ1) is 18.0. The molecule has 1 N–H and O–H groups in total. The summed E-state index contributed by atoms with van der Waals surface area (Å²) in [5, 5.41) is 11.6. The third-order valence-corrected chi connectivity index (χ3v) is 6.00. The summed E-state index contributed by atoms with van der Waals surface area (Å²) in [6, 6.07) is 7.62. The van der Waals surface area contributed by atoms with Crippen LogP contribution in [0.1, 0.15) is 36.2 Å². The van der Waals surface area contributed by atoms with Gasteiger partial charge in [0.2, 0.25) is 0 Å². The molecule has 1 aliphatic heterocycles. The Kier molecular flexibility index (Phi) is 5.13. The molecule has 1 aliphatic rings. The maximum absolute atomic E-state index is 13.2. The van der Waals surface area contributed by atoms with Crippen LogP contribution in [0.5, 0.6) is 5.75 Å². The number of methoxy groups -OCH3 is 1. The minimum Gasteiger partial charge on any atom is -0.496 e. The van der Waals surface area contributed by atoms with Crippen LogP contribution in [0.3, 0.4) is 0 Å². The molecule has 1 fully saturated rings. The number of rotatable bonds is 4. The number of ether oxygens (including phenoxy) is 1. The highest BCUT2D eigenvalue weighted by Gasteiger charge is 2.28. The quantitative estimate of drug-likeness (QED) is 0.747. The molecule has 1 atom stereocenters. The minimum atomic E-state index is -0.104. The molecule has 1 aromatic carbocycles. The van der Waals surface area contributed by atoms with Crippen molar-refractivity contribution in [2.24, 2.45) is 0 Å². The average molecular weight is 385 g/mol. The van der Waals surface area contributed by atoms with Crippen LogP contribution in [0.25, 0.3) is 16.2 Å². The van der Waals surface area contributed by atoms with Gasteiger partial charge < -0.3 is 14.7 Å². The van der Waals surface area contributed by atoms with Crippen LogP contribution in [-0.4, -0.2) is 51.6 Å². The van der Waals surface area contributed by atoms with E-state index in [9.17, 15) is 9.90 Å². The summed E-state index contributed by atoms with van der Waals surface area (Å²) in [5.41, 5.74) is 2.28. The van der Waals surface area contributed by atoms with E-state index in [-0.39, 0.29) is 18.6 Å². The van der Waals surface area contributed by atoms with Crippen LogP contribution >= 0.6 is 11.3 Å². The molecule has 1 amide bonds. The van der Waals surface area contributed by atoms with Crippen LogP contribution in [0.15, 0.2) is 35.8 Å². The molecule has 0 bridgehead atoms. The second-order valence-corrected chi connectivity index (χ2v) is 7.62. The Balaban J connectivity index is 1.70. The maximum atomic E-state index is 13.2. The van der Waals surface area contributed by atoms with E-state index in [1.165, 1.54) is 11.3 Å². The lowest BCUT2D eigenvalue weighted by Gasteiger charge is -2.28. The number of carbonyl (C=O) groups is 1. The fourth-order valence-electron chi connectivity index (χ4n) is 3.71. The van der Waals surface area contributed by atoms with E-state index >= 15 is 0 Å². The maximum Gasteiger partial charge on any atom is 0.272 e. The number of aliphatic hydroxyl groups is 1. The van der Waals surface area contributed by atoms with Crippen molar-refractivity contribution >= 4 is 22.2 Å². The molecule has 6 nitrogen and oxygen atoms in total. The van der Waals surface area contributed by atoms with E-state index in [1.54, 1.807) is 7.11 Å². The number of imidazole rings is 1. The fraction of sp³-hybridized carbons (Fsp3) is 0.400. The topological polar surface area (TPSA) is 67.1 Å². The highest BCUT2D eigenvalue weighted by Crippen LogP contribution is 2.31. The lowest BCUT2D eigenvalue weighted by atomic mass is 10.1. The number of fused-ring (bicyclic) bond motifs is 1. The van der Waals surface area contributed by atoms with Gasteiger partial charge >= 0.3 is 0 Å². The van der Waals surface area contributed by atoms with Crippen molar-refractivity contribution in [3.63, 3.8) is 0 Å². The lowest BCUT2D eigenvalue weighted by molar-refractivity contribution is 0.0593. The predicted molar refractivity (Wildman–Crippen MR) is 105 cm³/mol. The Morgan fingerprint density at radius 1 is 1.33 bits per heavy atom. The third-order valence-electron chi connectivity index (χ3n) is 5.16. The summed E-state index contributed by atoms with van der Waals surface area (Å²) >= 11 is 1.45. The molecule has 1 unspecified atom stereocenters. The SMILES string of the molecule is COc1ccccc1-c1cn2c(C(=O)N3CCCCCC3CO)csc2n1. The summed E-state index contributed by atoms with van der Waals surface area (Å²) in [7, 11) is 1.64. The molecule has 3 aromatic rings. The van der Waals surface area contributed by atoms with Gasteiger partial charge in [-0.25, -0.2) is 4.98 Å². The van der Waals surface area contributed by atoms with E-state index in [0.29, 0.717) is 12.2 Å². The first-order valence-corrected chi connectivity index (χ1v) is 10.1. The zero-order valence-corrected chi connectivity index (χ0v) is 16.1. The number of aromatic nitrogens is 2. The molecule has 142 valence electrons. The Hall–Kier alpha value is -2.38. The zero-order chi connectivity index (χ0) is 18.8. The Morgan fingerprint density at radius 3 is 3.00 bits per heavy atom. The summed E-state index contributed by atoms with van der Waals surface area (Å²) in [6.45, 7) is 0.699. The van der Waals surface area contributed by atoms with E-state index in [2.05, 4.69) is 4.98 Å². The summed E-state index contributed by atoms with van der Waals surface area (Å²) < 4.78 is 7.29. The van der Waals surface area contributed by atoms with Crippen LogP contribution in [-0.2, 0) is 0 Å². The number of hydrogen-bond acceptors (Lipinski definition) is 5. The molecule has 27 heavy (non-hydrogen) atoms. The molecule has 0 spiro atoms. The highest BCUT2D eigenvalue weighted by atomic mass is 32.1. The van der Waals surface area contributed by atoms with Crippen LogP contribution < -0.4 is 4.74 Å². The molecule has 7 heteroatoms. The fourth-order valence-corrected chi connectivity index (χ4v) is 4.55. The van der Waals surface area contributed by atoms with Crippen molar-refractivity contribution in [3.8, 4) is 17.0 Å². The number of aliphatic hydroxyl groups excluding tert-OH is 1. The van der Waals surface area contributed by atoms with Crippen LogP contribution in [0.4, 0.5) is 0 Å². The van der Waals surface area contributed by atoms with Crippen molar-refractivity contribution in [2.75, 3.05) is 20.3 Å². The molecule has 0 radical (unpaired) electrons. The van der Waals surface area contributed by atoms with Gasteiger partial charge in [0.25, 0.3) is 5.91 Å². The van der Waals surface area contributed by atoms with E-state index < -0.39 is 0 Å². The standard InChI is InChI=1S/C20H23N3O3S/c1-26-18-9-5-4-8-15(18)16-11-23-17(13-27-20(23)21-16)19(25)22-10-6-2-3-7-14(22)12-24/h4-5,8-9,11,13-14,24H,2-3,6-7,10,12H2,1H3.